The lowest BCUT2D eigenvalue weighted by Crippen LogP contribution is -2.54. The molecule has 1 atom stereocenters. The van der Waals surface area contributed by atoms with Gasteiger partial charge in [-0.2, -0.15) is 0 Å². The topological polar surface area (TPSA) is 79.0 Å². The molecule has 0 aliphatic carbocycles. The van der Waals surface area contributed by atoms with Crippen LogP contribution in [0.4, 0.5) is 4.39 Å². The lowest BCUT2D eigenvalue weighted by atomic mass is 9.93. The first-order chi connectivity index (χ1) is 13.0. The first-order valence-electron chi connectivity index (χ1n) is 9.11. The van der Waals surface area contributed by atoms with Gasteiger partial charge in [-0.15, -0.1) is 0 Å². The molecule has 0 unspecified atom stereocenters. The maximum absolute atomic E-state index is 13.2. The predicted octanol–water partition coefficient (Wildman–Crippen LogP) is 0.710. The van der Waals surface area contributed by atoms with Crippen molar-refractivity contribution in [2.45, 2.75) is 18.9 Å². The van der Waals surface area contributed by atoms with Crippen LogP contribution in [-0.4, -0.2) is 67.4 Å². The van der Waals surface area contributed by atoms with E-state index in [-0.39, 0.29) is 36.1 Å². The molecule has 3 amide bonds. The summed E-state index contributed by atoms with van der Waals surface area (Å²) in [5, 5.41) is 2.78. The van der Waals surface area contributed by atoms with Crippen LogP contribution in [0.3, 0.4) is 0 Å². The second kappa shape index (κ2) is 8.47. The molecule has 2 aliphatic rings. The quantitative estimate of drug-likeness (QED) is 0.838. The monoisotopic (exact) mass is 377 g/mol. The van der Waals surface area contributed by atoms with Gasteiger partial charge >= 0.3 is 0 Å². The summed E-state index contributed by atoms with van der Waals surface area (Å²) < 4.78 is 18.1. The smallest absolute Gasteiger partial charge is 0.248 e. The summed E-state index contributed by atoms with van der Waals surface area (Å²) in [4.78, 5) is 40.7. The Kier molecular flexibility index (Phi) is 6.05. The van der Waals surface area contributed by atoms with Crippen molar-refractivity contribution in [3.8, 4) is 0 Å². The molecule has 27 heavy (non-hydrogen) atoms. The fourth-order valence-corrected chi connectivity index (χ4v) is 3.71. The molecular formula is C19H24FN3O4. The Balaban J connectivity index is 1.70. The highest BCUT2D eigenvalue weighted by Crippen LogP contribution is 2.28. The third-order valence-corrected chi connectivity index (χ3v) is 5.15. The summed E-state index contributed by atoms with van der Waals surface area (Å²) in [6.45, 7) is 1.85. The summed E-state index contributed by atoms with van der Waals surface area (Å²) in [7, 11) is 1.48. The van der Waals surface area contributed by atoms with Crippen LogP contribution >= 0.6 is 0 Å². The van der Waals surface area contributed by atoms with Crippen LogP contribution in [0.5, 0.6) is 0 Å². The van der Waals surface area contributed by atoms with E-state index in [0.717, 1.165) is 0 Å². The predicted molar refractivity (Wildman–Crippen MR) is 95.0 cm³/mol. The van der Waals surface area contributed by atoms with Crippen molar-refractivity contribution >= 4 is 17.7 Å². The van der Waals surface area contributed by atoms with E-state index < -0.39 is 6.04 Å². The first kappa shape index (κ1) is 19.3. The van der Waals surface area contributed by atoms with Crippen LogP contribution in [0.2, 0.25) is 0 Å². The molecule has 2 heterocycles. The fraction of sp³-hybridized carbons (Fsp3) is 0.526. The SMILES string of the molecule is COCC(=O)N1CCC(C(=O)N2CCNC(=O)[C@@H]2c2ccc(F)cc2)CC1. The highest BCUT2D eigenvalue weighted by Gasteiger charge is 2.38. The number of piperazine rings is 1. The zero-order chi connectivity index (χ0) is 19.4. The number of halogens is 1. The lowest BCUT2D eigenvalue weighted by Gasteiger charge is -2.39. The van der Waals surface area contributed by atoms with E-state index in [9.17, 15) is 18.8 Å². The van der Waals surface area contributed by atoms with Gasteiger partial charge in [0.2, 0.25) is 17.7 Å². The summed E-state index contributed by atoms with van der Waals surface area (Å²) in [6, 6.07) is 4.91. The molecule has 0 saturated carbocycles. The normalized spacial score (nSPS) is 21.1. The number of benzene rings is 1. The van der Waals surface area contributed by atoms with Gasteiger partial charge in [0.15, 0.2) is 0 Å². The Morgan fingerprint density at radius 3 is 2.48 bits per heavy atom. The van der Waals surface area contributed by atoms with Gasteiger partial charge in [-0.25, -0.2) is 4.39 Å². The number of hydrogen-bond acceptors (Lipinski definition) is 4. The second-order valence-corrected chi connectivity index (χ2v) is 6.86. The number of methoxy groups -OCH3 is 1. The molecule has 0 spiro atoms. The minimum absolute atomic E-state index is 0.0392. The summed E-state index contributed by atoms with van der Waals surface area (Å²) >= 11 is 0. The molecule has 2 aliphatic heterocycles. The van der Waals surface area contributed by atoms with Crippen molar-refractivity contribution in [3.63, 3.8) is 0 Å². The maximum Gasteiger partial charge on any atom is 0.248 e. The fourth-order valence-electron chi connectivity index (χ4n) is 3.71. The summed E-state index contributed by atoms with van der Waals surface area (Å²) in [5.41, 5.74) is 0.592. The Hall–Kier alpha value is -2.48. The highest BCUT2D eigenvalue weighted by atomic mass is 19.1. The highest BCUT2D eigenvalue weighted by molar-refractivity contribution is 5.90. The van der Waals surface area contributed by atoms with Crippen molar-refractivity contribution in [2.75, 3.05) is 39.9 Å². The second-order valence-electron chi connectivity index (χ2n) is 6.86. The zero-order valence-corrected chi connectivity index (χ0v) is 15.3. The van der Waals surface area contributed by atoms with Crippen LogP contribution < -0.4 is 5.32 Å². The van der Waals surface area contributed by atoms with Crippen molar-refractivity contribution in [1.82, 2.24) is 15.1 Å². The Morgan fingerprint density at radius 2 is 1.85 bits per heavy atom. The molecule has 0 aromatic heterocycles. The van der Waals surface area contributed by atoms with Gasteiger partial charge in [0, 0.05) is 39.2 Å². The van der Waals surface area contributed by atoms with Gasteiger partial charge in [-0.1, -0.05) is 12.1 Å². The minimum atomic E-state index is -0.750. The van der Waals surface area contributed by atoms with Crippen LogP contribution in [0.1, 0.15) is 24.4 Å². The lowest BCUT2D eigenvalue weighted by molar-refractivity contribution is -0.149. The number of rotatable bonds is 4. The number of nitrogens with one attached hydrogen (secondary N) is 1. The van der Waals surface area contributed by atoms with E-state index in [4.69, 9.17) is 4.74 Å². The van der Waals surface area contributed by atoms with E-state index in [1.165, 1.54) is 31.4 Å². The van der Waals surface area contributed by atoms with Gasteiger partial charge in [0.1, 0.15) is 18.5 Å². The molecular weight excluding hydrogens is 353 g/mol. The van der Waals surface area contributed by atoms with Crippen LogP contribution in [0.15, 0.2) is 24.3 Å². The van der Waals surface area contributed by atoms with Gasteiger partial charge < -0.3 is 19.9 Å². The van der Waals surface area contributed by atoms with Crippen LogP contribution in [0, 0.1) is 11.7 Å². The van der Waals surface area contributed by atoms with Crippen LogP contribution in [0.25, 0.3) is 0 Å². The van der Waals surface area contributed by atoms with E-state index in [0.29, 0.717) is 44.6 Å². The Morgan fingerprint density at radius 1 is 1.19 bits per heavy atom. The maximum atomic E-state index is 13.2. The molecule has 2 fully saturated rings. The van der Waals surface area contributed by atoms with Crippen molar-refractivity contribution < 1.29 is 23.5 Å². The number of amides is 3. The van der Waals surface area contributed by atoms with Crippen molar-refractivity contribution in [3.05, 3.63) is 35.6 Å². The number of hydrogen-bond donors (Lipinski definition) is 1. The molecule has 1 N–H and O–H groups in total. The third-order valence-electron chi connectivity index (χ3n) is 5.15. The minimum Gasteiger partial charge on any atom is -0.375 e. The molecule has 1 aromatic rings. The van der Waals surface area contributed by atoms with Gasteiger partial charge in [0.25, 0.3) is 0 Å². The number of likely N-dealkylation sites (tertiary alicyclic amines) is 1. The number of carbonyl (C=O) groups excluding carboxylic acids is 3. The molecule has 0 bridgehead atoms. The Labute approximate surface area is 157 Å². The molecule has 0 radical (unpaired) electrons. The number of piperidine rings is 1. The average Bonchev–Trinajstić information content (AvgIpc) is 2.68. The molecule has 1 aromatic carbocycles. The standard InChI is InChI=1S/C19H24FN3O4/c1-27-12-16(24)22-9-6-14(7-10-22)19(26)23-11-8-21-18(25)17(23)13-2-4-15(20)5-3-13/h2-5,14,17H,6-12H2,1H3,(H,21,25)/t17-/m0/s1. The summed E-state index contributed by atoms with van der Waals surface area (Å²) in [6.07, 6.45) is 1.12. The van der Waals surface area contributed by atoms with Crippen LogP contribution in [-0.2, 0) is 19.1 Å². The Bertz CT molecular complexity index is 701. The molecule has 8 heteroatoms. The number of carbonyl (C=O) groups is 3. The van der Waals surface area contributed by atoms with E-state index in [1.807, 2.05) is 0 Å². The molecule has 3 rings (SSSR count). The third kappa shape index (κ3) is 4.27. The van der Waals surface area contributed by atoms with E-state index >= 15 is 0 Å². The number of nitrogens with zero attached hydrogens (tertiary/aromatic N) is 2. The molecule has 146 valence electrons. The van der Waals surface area contributed by atoms with E-state index in [2.05, 4.69) is 5.32 Å². The average molecular weight is 377 g/mol. The van der Waals surface area contributed by atoms with Gasteiger partial charge in [0.05, 0.1) is 0 Å². The largest absolute Gasteiger partial charge is 0.375 e. The van der Waals surface area contributed by atoms with E-state index in [1.54, 1.807) is 9.80 Å². The number of ether oxygens (including phenoxy) is 1. The first-order valence-corrected chi connectivity index (χ1v) is 9.11. The van der Waals surface area contributed by atoms with Crippen molar-refractivity contribution in [1.29, 1.82) is 0 Å². The zero-order valence-electron chi connectivity index (χ0n) is 15.3. The molecule has 7 nitrogen and oxygen atoms in total. The summed E-state index contributed by atoms with van der Waals surface area (Å²) in [5.74, 6) is -1.04. The van der Waals surface area contributed by atoms with Gasteiger partial charge in [-0.05, 0) is 30.5 Å². The molecule has 2 saturated heterocycles. The van der Waals surface area contributed by atoms with Gasteiger partial charge in [-0.3, -0.25) is 14.4 Å². The van der Waals surface area contributed by atoms with Crippen molar-refractivity contribution in [2.24, 2.45) is 5.92 Å².